The summed E-state index contributed by atoms with van der Waals surface area (Å²) in [6.07, 6.45) is 25.0. The van der Waals surface area contributed by atoms with Gasteiger partial charge in [0.05, 0.1) is 13.2 Å². The van der Waals surface area contributed by atoms with Crippen LogP contribution in [-0.4, -0.2) is 205 Å². The van der Waals surface area contributed by atoms with E-state index in [0.29, 0.717) is 38.0 Å². The number of hydrogen-bond donors (Lipinski definition) is 10. The Kier molecular flexibility index (Phi) is 63.5. The van der Waals surface area contributed by atoms with Crippen LogP contribution in [0, 0.1) is 5.92 Å². The molecule has 3 rings (SSSR count). The molecule has 116 heavy (non-hydrogen) atoms. The van der Waals surface area contributed by atoms with Crippen molar-refractivity contribution in [1.82, 2.24) is 0 Å². The lowest BCUT2D eigenvalue weighted by Crippen LogP contribution is -2.70. The molecule has 19 atom stereocenters. The highest BCUT2D eigenvalue weighted by Gasteiger charge is 2.60. The van der Waals surface area contributed by atoms with E-state index in [4.69, 9.17) is 46.9 Å². The third-order valence-corrected chi connectivity index (χ3v) is 24.2. The average molecular weight is 1680 g/mol. The van der Waals surface area contributed by atoms with Crippen LogP contribution in [0.2, 0.25) is 0 Å². The predicted octanol–water partition coefficient (Wildman–Crippen LogP) is 17.0. The molecule has 0 spiro atoms. The quantitative estimate of drug-likeness (QED) is 0.00889. The highest BCUT2D eigenvalue weighted by molar-refractivity contribution is 7.47. The summed E-state index contributed by atoms with van der Waals surface area (Å²) in [7, 11) is -5.80. The van der Waals surface area contributed by atoms with Crippen LogP contribution in [0.3, 0.4) is 0 Å². The van der Waals surface area contributed by atoms with Crippen LogP contribution in [0.1, 0.15) is 401 Å². The Hall–Kier alpha value is -2.79. The summed E-state index contributed by atoms with van der Waals surface area (Å²) in [6.45, 7) is 7.91. The van der Waals surface area contributed by atoms with Gasteiger partial charge < -0.3 is 88.7 Å². The van der Waals surface area contributed by atoms with E-state index in [2.05, 4.69) is 46.8 Å². The summed E-state index contributed by atoms with van der Waals surface area (Å²) in [4.78, 5) is 66.4. The molecular weight excluding hydrogens is 1510 g/mol. The molecular formula is C90H167O25P. The van der Waals surface area contributed by atoms with Crippen molar-refractivity contribution < 1.29 is 122 Å². The fourth-order valence-corrected chi connectivity index (χ4v) is 16.6. The zero-order valence-corrected chi connectivity index (χ0v) is 73.6. The van der Waals surface area contributed by atoms with Gasteiger partial charge in [-0.3, -0.25) is 28.2 Å². The van der Waals surface area contributed by atoms with Gasteiger partial charge in [0.15, 0.2) is 24.8 Å². The van der Waals surface area contributed by atoms with Crippen molar-refractivity contribution in [2.24, 2.45) is 5.92 Å². The molecule has 2 saturated heterocycles. The number of ether oxygens (including phenoxy) is 8. The Labute approximate surface area is 699 Å². The summed E-state index contributed by atoms with van der Waals surface area (Å²) in [5, 5.41) is 102. The van der Waals surface area contributed by atoms with E-state index >= 15 is 0 Å². The first-order chi connectivity index (χ1) is 56.1. The second-order valence-corrected chi connectivity index (χ2v) is 35.2. The van der Waals surface area contributed by atoms with E-state index in [-0.39, 0.29) is 25.7 Å². The van der Waals surface area contributed by atoms with Gasteiger partial charge in [-0.25, -0.2) is 4.57 Å². The number of aliphatic hydroxyl groups excluding tert-OH is 9. The molecule has 1 aliphatic carbocycles. The molecule has 2 aliphatic heterocycles. The van der Waals surface area contributed by atoms with Crippen LogP contribution < -0.4 is 0 Å². The SMILES string of the molecule is CCCCCC/C=C\CCCCCCCCCC(=O)OC1C(O)C(O)C(OC2OC(CO)C(O)C(O)C2O)C(OP(=O)(O)OCC(COC(=O)CCCCCCCCCCCCCCC)OC(=O)CCCCCCCCCCCCCCC)C1OC1OC(COC(=O)CCCCCCCCC(C)CCCCCCCC)C(O)C(O)C1O. The number of rotatable bonds is 75. The molecule has 19 unspecified atom stereocenters. The monoisotopic (exact) mass is 1680 g/mol. The summed E-state index contributed by atoms with van der Waals surface area (Å²) in [5.74, 6) is -2.27. The molecule has 0 bridgehead atoms. The molecule has 682 valence electrons. The van der Waals surface area contributed by atoms with Crippen LogP contribution in [0.25, 0.3) is 0 Å². The van der Waals surface area contributed by atoms with Crippen molar-refractivity contribution in [3.63, 3.8) is 0 Å². The summed E-state index contributed by atoms with van der Waals surface area (Å²) < 4.78 is 73.4. The van der Waals surface area contributed by atoms with Crippen LogP contribution in [-0.2, 0) is 70.7 Å². The molecule has 0 aromatic heterocycles. The summed E-state index contributed by atoms with van der Waals surface area (Å²) in [5.41, 5.74) is 0. The third-order valence-electron chi connectivity index (χ3n) is 23.2. The third kappa shape index (κ3) is 48.9. The van der Waals surface area contributed by atoms with Gasteiger partial charge in [-0.2, -0.15) is 0 Å². The lowest BCUT2D eigenvalue weighted by molar-refractivity contribution is -0.360. The van der Waals surface area contributed by atoms with Gasteiger partial charge in [0.25, 0.3) is 0 Å². The van der Waals surface area contributed by atoms with Crippen molar-refractivity contribution in [2.45, 2.75) is 505 Å². The average Bonchev–Trinajstić information content (AvgIpc) is 0.754. The number of allylic oxidation sites excluding steroid dienone is 2. The highest BCUT2D eigenvalue weighted by Crippen LogP contribution is 2.49. The Balaban J connectivity index is 1.92. The molecule has 0 aromatic rings. The fraction of sp³-hybridized carbons (Fsp3) is 0.933. The molecule has 26 heteroatoms. The Morgan fingerprint density at radius 1 is 0.362 bits per heavy atom. The lowest BCUT2D eigenvalue weighted by atomic mass is 9.84. The maximum Gasteiger partial charge on any atom is 0.472 e. The largest absolute Gasteiger partial charge is 0.472 e. The van der Waals surface area contributed by atoms with E-state index in [9.17, 15) is 74.6 Å². The Morgan fingerprint density at radius 3 is 1.12 bits per heavy atom. The first-order valence-corrected chi connectivity index (χ1v) is 48.3. The number of phosphoric acid groups is 1. The van der Waals surface area contributed by atoms with Crippen LogP contribution in [0.5, 0.6) is 0 Å². The molecule has 1 saturated carbocycles. The minimum Gasteiger partial charge on any atom is -0.463 e. The standard InChI is InChI=1S/C90H167O25P/c1-6-10-14-18-22-25-28-31-32-35-38-41-44-52-58-64-76(95)112-85-81(100)82(101)86(113-89-83(102)79(98)77(96)71(65-91)110-89)88(87(85)114-90-84(103)80(99)78(97)72(111-90)68-107-74(93)62-56-50-46-45-48-54-60-69(5)59-53-47-21-17-13-9-4)115-116(104,105)108-67-70(109-75(94)63-57-51-43-40-37-34-30-27-24-20-16-12-8-3)66-106-73(92)61-55-49-42-39-36-33-29-26-23-19-15-11-7-2/h25,28,69-72,77-91,96-103H,6-24,26-27,29-68H2,1-5H3,(H,104,105)/b28-25-. The first-order valence-electron chi connectivity index (χ1n) is 46.8. The summed E-state index contributed by atoms with van der Waals surface area (Å²) in [6, 6.07) is 0. The summed E-state index contributed by atoms with van der Waals surface area (Å²) >= 11 is 0. The van der Waals surface area contributed by atoms with E-state index in [0.717, 1.165) is 141 Å². The topological polar surface area (TPSA) is 380 Å². The Bertz CT molecular complexity index is 2480. The molecule has 25 nitrogen and oxygen atoms in total. The highest BCUT2D eigenvalue weighted by atomic mass is 31.2. The van der Waals surface area contributed by atoms with Gasteiger partial charge in [0, 0.05) is 25.7 Å². The molecule has 10 N–H and O–H groups in total. The predicted molar refractivity (Wildman–Crippen MR) is 449 cm³/mol. The number of carbonyl (C=O) groups excluding carboxylic acids is 4. The lowest BCUT2D eigenvalue weighted by Gasteiger charge is -2.50. The maximum absolute atomic E-state index is 14.9. The number of esters is 4. The maximum atomic E-state index is 14.9. The number of unbranched alkanes of at least 4 members (excludes halogenated alkanes) is 45. The van der Waals surface area contributed by atoms with Crippen molar-refractivity contribution in [2.75, 3.05) is 26.4 Å². The van der Waals surface area contributed by atoms with Gasteiger partial charge in [0.2, 0.25) is 0 Å². The zero-order valence-electron chi connectivity index (χ0n) is 72.7. The molecule has 2 heterocycles. The molecule has 3 fully saturated rings. The smallest absolute Gasteiger partial charge is 0.463 e. The molecule has 0 radical (unpaired) electrons. The number of hydrogen-bond acceptors (Lipinski definition) is 24. The van der Waals surface area contributed by atoms with Crippen molar-refractivity contribution in [3.05, 3.63) is 12.2 Å². The van der Waals surface area contributed by atoms with Gasteiger partial charge in [-0.1, -0.05) is 336 Å². The van der Waals surface area contributed by atoms with Gasteiger partial charge in [-0.15, -0.1) is 0 Å². The van der Waals surface area contributed by atoms with E-state index in [1.807, 2.05) is 0 Å². The second-order valence-electron chi connectivity index (χ2n) is 33.8. The number of carbonyl (C=O) groups is 4. The van der Waals surface area contributed by atoms with Gasteiger partial charge in [0.1, 0.15) is 92.6 Å². The zero-order chi connectivity index (χ0) is 84.8. The van der Waals surface area contributed by atoms with Crippen molar-refractivity contribution in [3.8, 4) is 0 Å². The molecule has 0 aromatic carbocycles. The van der Waals surface area contributed by atoms with Crippen LogP contribution in [0.4, 0.5) is 0 Å². The van der Waals surface area contributed by atoms with Crippen molar-refractivity contribution >= 4 is 31.7 Å². The molecule has 3 aliphatic rings. The second kappa shape index (κ2) is 68.6. The fourth-order valence-electron chi connectivity index (χ4n) is 15.6. The van der Waals surface area contributed by atoms with Gasteiger partial charge in [-0.05, 0) is 57.3 Å². The normalized spacial score (nSPS) is 25.4. The number of aliphatic hydroxyl groups is 9. The van der Waals surface area contributed by atoms with E-state index < -0.39 is 162 Å². The van der Waals surface area contributed by atoms with Crippen LogP contribution in [0.15, 0.2) is 12.2 Å². The van der Waals surface area contributed by atoms with Crippen LogP contribution >= 0.6 is 7.82 Å². The van der Waals surface area contributed by atoms with Crippen molar-refractivity contribution in [1.29, 1.82) is 0 Å². The Morgan fingerprint density at radius 2 is 0.698 bits per heavy atom. The molecule has 0 amide bonds. The van der Waals surface area contributed by atoms with Gasteiger partial charge >= 0.3 is 31.7 Å². The number of phosphoric ester groups is 1. The minimum absolute atomic E-state index is 0.0153. The minimum atomic E-state index is -5.80. The van der Waals surface area contributed by atoms with E-state index in [1.54, 1.807) is 0 Å². The van der Waals surface area contributed by atoms with E-state index in [1.165, 1.54) is 167 Å². The first kappa shape index (κ1) is 107.